The Morgan fingerprint density at radius 1 is 1.07 bits per heavy atom. The number of aromatic nitrogens is 2. The summed E-state index contributed by atoms with van der Waals surface area (Å²) in [6, 6.07) is 11.2. The second-order valence-corrected chi connectivity index (χ2v) is 7.42. The molecule has 3 aromatic rings. The average Bonchev–Trinajstić information content (AvgIpc) is 3.16. The SMILES string of the molecule is CNC(=O)c1ccc(-n2ccc3cc(C(=O)N4CCC(C)CC4)cnc32)cc1. The van der Waals surface area contributed by atoms with E-state index in [1.54, 1.807) is 25.4 Å². The number of carbonyl (C=O) groups is 2. The highest BCUT2D eigenvalue weighted by Crippen LogP contribution is 2.22. The maximum atomic E-state index is 12.8. The Bertz CT molecular complexity index is 1010. The fourth-order valence-electron chi connectivity index (χ4n) is 3.66. The van der Waals surface area contributed by atoms with Crippen molar-refractivity contribution in [1.82, 2.24) is 19.8 Å². The molecule has 1 aromatic carbocycles. The van der Waals surface area contributed by atoms with Crippen LogP contribution >= 0.6 is 0 Å². The topological polar surface area (TPSA) is 67.2 Å². The Balaban J connectivity index is 1.59. The molecule has 0 bridgehead atoms. The molecule has 1 fully saturated rings. The molecule has 1 aliphatic rings. The first-order chi connectivity index (χ1) is 13.6. The van der Waals surface area contributed by atoms with Gasteiger partial charge in [0, 0.05) is 49.2 Å². The van der Waals surface area contributed by atoms with Crippen LogP contribution in [0, 0.1) is 5.92 Å². The number of nitrogens with one attached hydrogen (secondary N) is 1. The molecule has 0 spiro atoms. The summed E-state index contributed by atoms with van der Waals surface area (Å²) in [4.78, 5) is 31.0. The molecule has 1 N–H and O–H groups in total. The van der Waals surface area contributed by atoms with Crippen LogP contribution in [0.4, 0.5) is 0 Å². The van der Waals surface area contributed by atoms with Crippen LogP contribution in [0.5, 0.6) is 0 Å². The molecule has 0 radical (unpaired) electrons. The van der Waals surface area contributed by atoms with Gasteiger partial charge < -0.3 is 14.8 Å². The van der Waals surface area contributed by atoms with E-state index in [4.69, 9.17) is 0 Å². The second-order valence-electron chi connectivity index (χ2n) is 7.42. The zero-order valence-corrected chi connectivity index (χ0v) is 16.2. The summed E-state index contributed by atoms with van der Waals surface area (Å²) in [5.74, 6) is 0.634. The minimum atomic E-state index is -0.114. The molecule has 1 saturated heterocycles. The fourth-order valence-corrected chi connectivity index (χ4v) is 3.66. The van der Waals surface area contributed by atoms with Gasteiger partial charge in [-0.25, -0.2) is 4.98 Å². The first-order valence-electron chi connectivity index (χ1n) is 9.65. The molecule has 144 valence electrons. The smallest absolute Gasteiger partial charge is 0.255 e. The van der Waals surface area contributed by atoms with E-state index in [-0.39, 0.29) is 11.8 Å². The van der Waals surface area contributed by atoms with Crippen molar-refractivity contribution in [1.29, 1.82) is 0 Å². The van der Waals surface area contributed by atoms with Gasteiger partial charge in [-0.2, -0.15) is 0 Å². The van der Waals surface area contributed by atoms with Crippen LogP contribution in [0.1, 0.15) is 40.5 Å². The van der Waals surface area contributed by atoms with Gasteiger partial charge in [0.05, 0.1) is 5.56 Å². The molecule has 2 aromatic heterocycles. The lowest BCUT2D eigenvalue weighted by atomic mass is 9.99. The van der Waals surface area contributed by atoms with E-state index in [9.17, 15) is 9.59 Å². The van der Waals surface area contributed by atoms with Gasteiger partial charge >= 0.3 is 0 Å². The Labute approximate surface area is 164 Å². The van der Waals surface area contributed by atoms with Crippen LogP contribution in [-0.4, -0.2) is 46.4 Å². The number of hydrogen-bond donors (Lipinski definition) is 1. The second kappa shape index (κ2) is 7.46. The van der Waals surface area contributed by atoms with Gasteiger partial charge in [-0.15, -0.1) is 0 Å². The van der Waals surface area contributed by atoms with Crippen molar-refractivity contribution < 1.29 is 9.59 Å². The highest BCUT2D eigenvalue weighted by molar-refractivity contribution is 5.97. The van der Waals surface area contributed by atoms with Crippen molar-refractivity contribution in [2.45, 2.75) is 19.8 Å². The summed E-state index contributed by atoms with van der Waals surface area (Å²) in [6.07, 6.45) is 5.72. The zero-order chi connectivity index (χ0) is 19.7. The number of rotatable bonds is 3. The van der Waals surface area contributed by atoms with E-state index < -0.39 is 0 Å². The number of benzene rings is 1. The zero-order valence-electron chi connectivity index (χ0n) is 16.2. The molecule has 6 heteroatoms. The lowest BCUT2D eigenvalue weighted by Gasteiger charge is -2.30. The Kier molecular flexibility index (Phi) is 4.86. The van der Waals surface area contributed by atoms with Crippen LogP contribution in [0.2, 0.25) is 0 Å². The number of piperidine rings is 1. The van der Waals surface area contributed by atoms with Crippen molar-refractivity contribution in [2.24, 2.45) is 5.92 Å². The molecular formula is C22H24N4O2. The molecule has 28 heavy (non-hydrogen) atoms. The minimum absolute atomic E-state index is 0.0592. The third-order valence-electron chi connectivity index (χ3n) is 5.48. The number of amides is 2. The molecule has 0 saturated carbocycles. The number of hydrogen-bond acceptors (Lipinski definition) is 3. The first-order valence-corrected chi connectivity index (χ1v) is 9.65. The Morgan fingerprint density at radius 2 is 1.79 bits per heavy atom. The monoisotopic (exact) mass is 376 g/mol. The van der Waals surface area contributed by atoms with Crippen LogP contribution < -0.4 is 5.32 Å². The van der Waals surface area contributed by atoms with E-state index in [1.807, 2.05) is 39.9 Å². The van der Waals surface area contributed by atoms with Gasteiger partial charge in [-0.1, -0.05) is 6.92 Å². The van der Waals surface area contributed by atoms with Crippen molar-refractivity contribution in [3.8, 4) is 5.69 Å². The highest BCUT2D eigenvalue weighted by Gasteiger charge is 2.22. The maximum Gasteiger partial charge on any atom is 0.255 e. The molecule has 6 nitrogen and oxygen atoms in total. The highest BCUT2D eigenvalue weighted by atomic mass is 16.2. The molecule has 2 amide bonds. The predicted octanol–water partition coefficient (Wildman–Crippen LogP) is 3.26. The van der Waals surface area contributed by atoms with Crippen molar-refractivity contribution in [2.75, 3.05) is 20.1 Å². The third kappa shape index (κ3) is 3.38. The summed E-state index contributed by atoms with van der Waals surface area (Å²) in [5.41, 5.74) is 2.95. The summed E-state index contributed by atoms with van der Waals surface area (Å²) >= 11 is 0. The van der Waals surface area contributed by atoms with E-state index in [0.717, 1.165) is 42.7 Å². The number of pyridine rings is 1. The van der Waals surface area contributed by atoms with Gasteiger partial charge in [0.25, 0.3) is 11.8 Å². The van der Waals surface area contributed by atoms with Gasteiger partial charge in [-0.3, -0.25) is 9.59 Å². The van der Waals surface area contributed by atoms with Gasteiger partial charge in [0.1, 0.15) is 5.65 Å². The average molecular weight is 376 g/mol. The maximum absolute atomic E-state index is 12.8. The number of fused-ring (bicyclic) bond motifs is 1. The number of likely N-dealkylation sites (tertiary alicyclic amines) is 1. The largest absolute Gasteiger partial charge is 0.355 e. The predicted molar refractivity (Wildman–Crippen MR) is 109 cm³/mol. The fraction of sp³-hybridized carbons (Fsp3) is 0.318. The van der Waals surface area contributed by atoms with E-state index >= 15 is 0 Å². The van der Waals surface area contributed by atoms with Crippen LogP contribution in [0.25, 0.3) is 16.7 Å². The molecule has 3 heterocycles. The molecule has 1 aliphatic heterocycles. The number of nitrogens with zero attached hydrogens (tertiary/aromatic N) is 3. The van der Waals surface area contributed by atoms with Gasteiger partial charge in [0.2, 0.25) is 0 Å². The van der Waals surface area contributed by atoms with Crippen molar-refractivity contribution in [3.63, 3.8) is 0 Å². The lowest BCUT2D eigenvalue weighted by molar-refractivity contribution is 0.0697. The first kappa shape index (κ1) is 18.2. The Morgan fingerprint density at radius 3 is 2.46 bits per heavy atom. The summed E-state index contributed by atoms with van der Waals surface area (Å²) in [6.45, 7) is 3.87. The van der Waals surface area contributed by atoms with E-state index in [2.05, 4.69) is 17.2 Å². The summed E-state index contributed by atoms with van der Waals surface area (Å²) < 4.78 is 1.96. The quantitative estimate of drug-likeness (QED) is 0.763. The lowest BCUT2D eigenvalue weighted by Crippen LogP contribution is -2.37. The van der Waals surface area contributed by atoms with E-state index in [0.29, 0.717) is 17.0 Å². The van der Waals surface area contributed by atoms with Crippen molar-refractivity contribution in [3.05, 3.63) is 59.9 Å². The number of carbonyl (C=O) groups excluding carboxylic acids is 2. The Hall–Kier alpha value is -3.15. The minimum Gasteiger partial charge on any atom is -0.355 e. The van der Waals surface area contributed by atoms with Crippen LogP contribution in [-0.2, 0) is 0 Å². The van der Waals surface area contributed by atoms with Gasteiger partial charge in [0.15, 0.2) is 0 Å². The standard InChI is InChI=1S/C22H24N4O2/c1-15-7-10-25(11-8-15)22(28)18-13-17-9-12-26(20(17)24-14-18)19-5-3-16(4-6-19)21(27)23-2/h3-6,9,12-15H,7-8,10-11H2,1-2H3,(H,23,27). The van der Waals surface area contributed by atoms with Crippen LogP contribution in [0.3, 0.4) is 0 Å². The summed E-state index contributed by atoms with van der Waals surface area (Å²) in [7, 11) is 1.61. The molecular weight excluding hydrogens is 352 g/mol. The molecule has 0 atom stereocenters. The summed E-state index contributed by atoms with van der Waals surface area (Å²) in [5, 5.41) is 3.54. The van der Waals surface area contributed by atoms with Crippen LogP contribution in [0.15, 0.2) is 48.8 Å². The normalized spacial score (nSPS) is 15.0. The van der Waals surface area contributed by atoms with Gasteiger partial charge in [-0.05, 0) is 55.2 Å². The molecule has 0 aliphatic carbocycles. The van der Waals surface area contributed by atoms with E-state index in [1.165, 1.54) is 0 Å². The third-order valence-corrected chi connectivity index (χ3v) is 5.48. The molecule has 4 rings (SSSR count). The van der Waals surface area contributed by atoms with Crippen molar-refractivity contribution >= 4 is 22.8 Å². The molecule has 0 unspecified atom stereocenters.